The van der Waals surface area contributed by atoms with E-state index in [0.717, 1.165) is 19.1 Å². The summed E-state index contributed by atoms with van der Waals surface area (Å²) in [7, 11) is 0. The number of nitrogens with zero attached hydrogens (tertiary/aromatic N) is 4. The van der Waals surface area contributed by atoms with Crippen LogP contribution in [0.2, 0.25) is 0 Å². The van der Waals surface area contributed by atoms with E-state index in [1.165, 1.54) is 44.8 Å². The molecule has 0 saturated carbocycles. The van der Waals surface area contributed by atoms with E-state index in [1.807, 2.05) is 6.20 Å². The van der Waals surface area contributed by atoms with Gasteiger partial charge >= 0.3 is 0 Å². The first-order valence-electron chi connectivity index (χ1n) is 6.97. The maximum absolute atomic E-state index is 4.34. The fourth-order valence-corrected chi connectivity index (χ4v) is 2.72. The van der Waals surface area contributed by atoms with Crippen molar-refractivity contribution in [1.29, 1.82) is 0 Å². The Morgan fingerprint density at radius 2 is 2.00 bits per heavy atom. The molecule has 100 valence electrons. The number of hydrogen-bond acceptors (Lipinski definition) is 4. The summed E-state index contributed by atoms with van der Waals surface area (Å²) >= 11 is 0. The van der Waals surface area contributed by atoms with Crippen LogP contribution >= 0.6 is 0 Å². The minimum atomic E-state index is 0.806. The molecule has 2 saturated heterocycles. The second kappa shape index (κ2) is 5.38. The topological polar surface area (TPSA) is 36.3 Å². The highest BCUT2D eigenvalue weighted by molar-refractivity contribution is 4.99. The third-order valence-corrected chi connectivity index (χ3v) is 4.09. The average molecular weight is 249 g/mol. The molecule has 1 N–H and O–H groups in total. The highest BCUT2D eigenvalue weighted by Crippen LogP contribution is 2.09. The van der Waals surface area contributed by atoms with E-state index in [0.29, 0.717) is 0 Å². The van der Waals surface area contributed by atoms with Crippen molar-refractivity contribution in [3.05, 3.63) is 18.0 Å². The molecule has 0 unspecified atom stereocenters. The van der Waals surface area contributed by atoms with Gasteiger partial charge < -0.3 is 5.32 Å². The van der Waals surface area contributed by atoms with Gasteiger partial charge in [0, 0.05) is 58.1 Å². The Morgan fingerprint density at radius 1 is 1.22 bits per heavy atom. The van der Waals surface area contributed by atoms with Crippen LogP contribution in [0.3, 0.4) is 0 Å². The minimum Gasteiger partial charge on any atom is -0.314 e. The molecule has 5 heteroatoms. The highest BCUT2D eigenvalue weighted by Gasteiger charge is 2.27. The zero-order valence-electron chi connectivity index (χ0n) is 11.2. The number of nitrogens with one attached hydrogen (secondary N) is 1. The van der Waals surface area contributed by atoms with Crippen LogP contribution in [-0.4, -0.2) is 71.4 Å². The van der Waals surface area contributed by atoms with Gasteiger partial charge in [-0.05, 0) is 12.5 Å². The lowest BCUT2D eigenvalue weighted by atomic mass is 10.1. The summed E-state index contributed by atoms with van der Waals surface area (Å²) in [5.74, 6) is 0. The first-order valence-corrected chi connectivity index (χ1v) is 6.97. The molecule has 0 aliphatic carbocycles. The summed E-state index contributed by atoms with van der Waals surface area (Å²) in [5.41, 5.74) is 1.25. The minimum absolute atomic E-state index is 0.806. The second-order valence-electron chi connectivity index (χ2n) is 5.47. The van der Waals surface area contributed by atoms with Gasteiger partial charge in [-0.2, -0.15) is 5.10 Å². The van der Waals surface area contributed by atoms with Crippen molar-refractivity contribution in [2.24, 2.45) is 0 Å². The lowest BCUT2D eigenvalue weighted by Gasteiger charge is -2.43. The molecule has 5 nitrogen and oxygen atoms in total. The van der Waals surface area contributed by atoms with Crippen molar-refractivity contribution >= 4 is 0 Å². The molecule has 2 aliphatic rings. The van der Waals surface area contributed by atoms with Gasteiger partial charge in [0.15, 0.2) is 0 Å². The van der Waals surface area contributed by atoms with E-state index >= 15 is 0 Å². The van der Waals surface area contributed by atoms with Gasteiger partial charge in [-0.3, -0.25) is 14.5 Å². The van der Waals surface area contributed by atoms with Crippen LogP contribution in [-0.2, 0) is 6.54 Å². The van der Waals surface area contributed by atoms with Crippen LogP contribution in [0.15, 0.2) is 12.4 Å². The third kappa shape index (κ3) is 2.74. The van der Waals surface area contributed by atoms with Crippen LogP contribution in [0.25, 0.3) is 0 Å². The number of aromatic nitrogens is 2. The van der Waals surface area contributed by atoms with E-state index < -0.39 is 0 Å². The van der Waals surface area contributed by atoms with E-state index in [9.17, 15) is 0 Å². The van der Waals surface area contributed by atoms with Crippen LogP contribution in [0.5, 0.6) is 0 Å². The van der Waals surface area contributed by atoms with Crippen LogP contribution in [0.4, 0.5) is 0 Å². The molecule has 1 aromatic heterocycles. The van der Waals surface area contributed by atoms with Gasteiger partial charge in [-0.25, -0.2) is 0 Å². The van der Waals surface area contributed by atoms with E-state index in [4.69, 9.17) is 0 Å². The molecular formula is C13H23N5. The molecule has 0 radical (unpaired) electrons. The van der Waals surface area contributed by atoms with Crippen molar-refractivity contribution in [3.63, 3.8) is 0 Å². The van der Waals surface area contributed by atoms with Crippen LogP contribution < -0.4 is 5.32 Å². The second-order valence-corrected chi connectivity index (χ2v) is 5.47. The van der Waals surface area contributed by atoms with Gasteiger partial charge in [0.05, 0.1) is 12.7 Å². The Morgan fingerprint density at radius 3 is 2.56 bits per heavy atom. The monoisotopic (exact) mass is 249 g/mol. The molecule has 0 bridgehead atoms. The molecule has 0 amide bonds. The molecule has 0 aromatic carbocycles. The smallest absolute Gasteiger partial charge is 0.0536 e. The predicted octanol–water partition coefficient (Wildman–Crippen LogP) is -0.219. The molecule has 2 aliphatic heterocycles. The number of piperazine rings is 1. The normalized spacial score (nSPS) is 23.2. The zero-order chi connectivity index (χ0) is 12.4. The molecule has 2 fully saturated rings. The number of rotatable bonds is 4. The largest absolute Gasteiger partial charge is 0.314 e. The summed E-state index contributed by atoms with van der Waals surface area (Å²) < 4.78 is 2.05. The van der Waals surface area contributed by atoms with Crippen molar-refractivity contribution in [2.75, 3.05) is 45.8 Å². The Balaban J connectivity index is 1.40. The predicted molar refractivity (Wildman–Crippen MR) is 71.6 cm³/mol. The zero-order valence-corrected chi connectivity index (χ0v) is 11.2. The lowest BCUT2D eigenvalue weighted by Crippen LogP contribution is -2.61. The molecule has 0 spiro atoms. The van der Waals surface area contributed by atoms with E-state index in [1.54, 1.807) is 0 Å². The number of aryl methyl sites for hydroxylation is 1. The molecule has 1 aromatic rings. The van der Waals surface area contributed by atoms with E-state index in [-0.39, 0.29) is 0 Å². The highest BCUT2D eigenvalue weighted by atomic mass is 15.3. The molecular weight excluding hydrogens is 226 g/mol. The summed E-state index contributed by atoms with van der Waals surface area (Å²) in [6, 6.07) is 0.806. The molecule has 3 rings (SSSR count). The Hall–Kier alpha value is -0.910. The van der Waals surface area contributed by atoms with Gasteiger partial charge in [-0.15, -0.1) is 0 Å². The quantitative estimate of drug-likeness (QED) is 0.800. The lowest BCUT2D eigenvalue weighted by molar-refractivity contribution is 0.0709. The summed E-state index contributed by atoms with van der Waals surface area (Å²) in [6.45, 7) is 11.5. The van der Waals surface area contributed by atoms with E-state index in [2.05, 4.69) is 38.0 Å². The fourth-order valence-electron chi connectivity index (χ4n) is 2.72. The Labute approximate surface area is 109 Å². The van der Waals surface area contributed by atoms with Crippen molar-refractivity contribution in [2.45, 2.75) is 19.5 Å². The van der Waals surface area contributed by atoms with Gasteiger partial charge in [-0.1, -0.05) is 0 Å². The SMILES string of the molecule is Cc1cnn(CCN2CCN(C3CNC3)CC2)c1. The Bertz CT molecular complexity index is 376. The number of hydrogen-bond donors (Lipinski definition) is 1. The Kier molecular flexibility index (Phi) is 3.63. The first kappa shape index (κ1) is 12.1. The third-order valence-electron chi connectivity index (χ3n) is 4.09. The maximum Gasteiger partial charge on any atom is 0.0536 e. The average Bonchev–Trinajstić information content (AvgIpc) is 2.72. The van der Waals surface area contributed by atoms with Gasteiger partial charge in [0.25, 0.3) is 0 Å². The van der Waals surface area contributed by atoms with Crippen LogP contribution in [0, 0.1) is 6.92 Å². The summed E-state index contributed by atoms with van der Waals surface area (Å²) in [4.78, 5) is 5.19. The molecule has 18 heavy (non-hydrogen) atoms. The van der Waals surface area contributed by atoms with Crippen LogP contribution in [0.1, 0.15) is 5.56 Å². The van der Waals surface area contributed by atoms with Crippen molar-refractivity contribution < 1.29 is 0 Å². The summed E-state index contributed by atoms with van der Waals surface area (Å²) in [5, 5.41) is 7.69. The first-order chi connectivity index (χ1) is 8.81. The molecule has 0 atom stereocenters. The van der Waals surface area contributed by atoms with Gasteiger partial charge in [0.2, 0.25) is 0 Å². The summed E-state index contributed by atoms with van der Waals surface area (Å²) in [6.07, 6.45) is 4.05. The van der Waals surface area contributed by atoms with Gasteiger partial charge in [0.1, 0.15) is 0 Å². The standard InChI is InChI=1S/C13H23N5/c1-12-8-15-18(11-12)7-4-16-2-5-17(6-3-16)13-9-14-10-13/h8,11,13-14H,2-7,9-10H2,1H3. The maximum atomic E-state index is 4.34. The fraction of sp³-hybridized carbons (Fsp3) is 0.769. The van der Waals surface area contributed by atoms with Crippen molar-refractivity contribution in [1.82, 2.24) is 24.9 Å². The van der Waals surface area contributed by atoms with Crippen molar-refractivity contribution in [3.8, 4) is 0 Å². The molecule has 3 heterocycles.